The van der Waals surface area contributed by atoms with Gasteiger partial charge in [0.05, 0.1) is 15.7 Å². The van der Waals surface area contributed by atoms with Crippen LogP contribution in [-0.2, 0) is 0 Å². The number of benzene rings is 1. The van der Waals surface area contributed by atoms with Crippen molar-refractivity contribution in [3.05, 3.63) is 49.0 Å². The van der Waals surface area contributed by atoms with Gasteiger partial charge in [0.1, 0.15) is 6.10 Å². The first kappa shape index (κ1) is 14.2. The van der Waals surface area contributed by atoms with E-state index >= 15 is 0 Å². The lowest BCUT2D eigenvalue weighted by atomic mass is 10.2. The first-order valence-corrected chi connectivity index (χ1v) is 7.60. The molecule has 0 amide bonds. The van der Waals surface area contributed by atoms with E-state index in [4.69, 9.17) is 23.2 Å². The highest BCUT2D eigenvalue weighted by Gasteiger charge is 2.11. The molecule has 0 aliphatic heterocycles. The summed E-state index contributed by atoms with van der Waals surface area (Å²) in [6.07, 6.45) is -0.569. The van der Waals surface area contributed by atoms with Gasteiger partial charge in [-0.3, -0.25) is 0 Å². The molecule has 0 spiro atoms. The van der Waals surface area contributed by atoms with E-state index in [2.05, 4.69) is 21.2 Å². The van der Waals surface area contributed by atoms with Gasteiger partial charge < -0.3 is 10.4 Å². The van der Waals surface area contributed by atoms with Crippen LogP contribution < -0.4 is 5.32 Å². The van der Waals surface area contributed by atoms with Gasteiger partial charge in [0.2, 0.25) is 0 Å². The largest absolute Gasteiger partial charge is 0.386 e. The summed E-state index contributed by atoms with van der Waals surface area (Å²) in [4.78, 5) is 0.909. The zero-order valence-corrected chi connectivity index (χ0v) is 13.1. The van der Waals surface area contributed by atoms with Crippen molar-refractivity contribution in [3.8, 4) is 0 Å². The number of anilines is 1. The third kappa shape index (κ3) is 3.39. The summed E-state index contributed by atoms with van der Waals surface area (Å²) in [6, 6.07) is 7.31. The van der Waals surface area contributed by atoms with Gasteiger partial charge in [-0.15, -0.1) is 11.3 Å². The van der Waals surface area contributed by atoms with Gasteiger partial charge in [0.15, 0.2) is 0 Å². The van der Waals surface area contributed by atoms with E-state index in [1.165, 1.54) is 11.3 Å². The molecule has 2 nitrogen and oxygen atoms in total. The molecular formula is C12H10BrCl2NOS. The van der Waals surface area contributed by atoms with Crippen molar-refractivity contribution in [2.24, 2.45) is 0 Å². The highest BCUT2D eigenvalue weighted by molar-refractivity contribution is 9.10. The van der Waals surface area contributed by atoms with Crippen molar-refractivity contribution >= 4 is 56.2 Å². The quantitative estimate of drug-likeness (QED) is 0.801. The number of rotatable bonds is 4. The zero-order valence-electron chi connectivity index (χ0n) is 9.16. The number of nitrogens with one attached hydrogen (secondary N) is 1. The Hall–Kier alpha value is -0.260. The Bertz CT molecular complexity index is 510. The first-order valence-electron chi connectivity index (χ1n) is 5.18. The minimum Gasteiger partial charge on any atom is -0.386 e. The fraction of sp³-hybridized carbons (Fsp3) is 0.167. The monoisotopic (exact) mass is 365 g/mol. The summed E-state index contributed by atoms with van der Waals surface area (Å²) >= 11 is 17.0. The molecule has 1 heterocycles. The van der Waals surface area contributed by atoms with Crippen molar-refractivity contribution in [1.82, 2.24) is 0 Å². The zero-order chi connectivity index (χ0) is 13.1. The van der Waals surface area contributed by atoms with E-state index in [0.717, 1.165) is 9.35 Å². The standard InChI is InChI=1S/C12H10BrCl2NOS/c13-7-4-8(14)12(9(15)5-7)16-6-10(17)11-2-1-3-18-11/h1-5,10,16-17H,6H2. The van der Waals surface area contributed by atoms with Crippen molar-refractivity contribution in [2.45, 2.75) is 6.10 Å². The molecular weight excluding hydrogens is 357 g/mol. The Morgan fingerprint density at radius 1 is 1.33 bits per heavy atom. The van der Waals surface area contributed by atoms with E-state index in [1.54, 1.807) is 12.1 Å². The molecule has 0 aliphatic rings. The van der Waals surface area contributed by atoms with Crippen LogP contribution in [0, 0.1) is 0 Å². The Balaban J connectivity index is 2.07. The Morgan fingerprint density at radius 2 is 2.00 bits per heavy atom. The second-order valence-corrected chi connectivity index (χ2v) is 6.37. The Morgan fingerprint density at radius 3 is 2.56 bits per heavy atom. The predicted molar refractivity (Wildman–Crippen MR) is 81.9 cm³/mol. The number of halogens is 3. The highest BCUT2D eigenvalue weighted by atomic mass is 79.9. The molecule has 96 valence electrons. The van der Waals surface area contributed by atoms with Gasteiger partial charge >= 0.3 is 0 Å². The maximum Gasteiger partial charge on any atom is 0.105 e. The lowest BCUT2D eigenvalue weighted by molar-refractivity contribution is 0.195. The SMILES string of the molecule is OC(CNc1c(Cl)cc(Br)cc1Cl)c1cccs1. The third-order valence-electron chi connectivity index (χ3n) is 2.35. The van der Waals surface area contributed by atoms with E-state index in [9.17, 15) is 5.11 Å². The van der Waals surface area contributed by atoms with Gasteiger partial charge in [0.25, 0.3) is 0 Å². The molecule has 1 atom stereocenters. The average molecular weight is 367 g/mol. The minimum absolute atomic E-state index is 0.363. The molecule has 2 aromatic rings. The average Bonchev–Trinajstić information content (AvgIpc) is 2.80. The van der Waals surface area contributed by atoms with Crippen LogP contribution in [-0.4, -0.2) is 11.7 Å². The van der Waals surface area contributed by atoms with Crippen LogP contribution in [0.1, 0.15) is 11.0 Å². The Labute approximate surface area is 128 Å². The number of thiophene rings is 1. The summed E-state index contributed by atoms with van der Waals surface area (Å²) in [6.45, 7) is 0.363. The number of hydrogen-bond donors (Lipinski definition) is 2. The predicted octanol–water partition coefficient (Wildman–Crippen LogP) is 4.96. The normalized spacial score (nSPS) is 12.4. The van der Waals surface area contributed by atoms with Gasteiger partial charge in [-0.2, -0.15) is 0 Å². The van der Waals surface area contributed by atoms with Gasteiger partial charge in [-0.1, -0.05) is 45.2 Å². The van der Waals surface area contributed by atoms with Crippen LogP contribution in [0.15, 0.2) is 34.1 Å². The summed E-state index contributed by atoms with van der Waals surface area (Å²) in [5.74, 6) is 0. The highest BCUT2D eigenvalue weighted by Crippen LogP contribution is 2.34. The summed E-state index contributed by atoms with van der Waals surface area (Å²) in [7, 11) is 0. The number of hydrogen-bond acceptors (Lipinski definition) is 3. The van der Waals surface area contributed by atoms with Crippen LogP contribution in [0.4, 0.5) is 5.69 Å². The van der Waals surface area contributed by atoms with E-state index in [1.807, 2.05) is 17.5 Å². The lowest BCUT2D eigenvalue weighted by Crippen LogP contribution is -2.11. The van der Waals surface area contributed by atoms with Crippen LogP contribution >= 0.6 is 50.5 Å². The molecule has 6 heteroatoms. The van der Waals surface area contributed by atoms with Gasteiger partial charge in [-0.05, 0) is 23.6 Å². The Kier molecular flexibility index (Phi) is 4.92. The third-order valence-corrected chi connectivity index (χ3v) is 4.38. The van der Waals surface area contributed by atoms with Gasteiger partial charge in [-0.25, -0.2) is 0 Å². The van der Waals surface area contributed by atoms with Gasteiger partial charge in [0, 0.05) is 15.9 Å². The molecule has 0 fully saturated rings. The van der Waals surface area contributed by atoms with E-state index in [0.29, 0.717) is 22.3 Å². The van der Waals surface area contributed by atoms with Crippen LogP contribution in [0.5, 0.6) is 0 Å². The van der Waals surface area contributed by atoms with Crippen molar-refractivity contribution in [3.63, 3.8) is 0 Å². The van der Waals surface area contributed by atoms with Crippen LogP contribution in [0.2, 0.25) is 10.0 Å². The van der Waals surface area contributed by atoms with Crippen molar-refractivity contribution in [2.75, 3.05) is 11.9 Å². The van der Waals surface area contributed by atoms with Crippen molar-refractivity contribution < 1.29 is 5.11 Å². The molecule has 0 bridgehead atoms. The van der Waals surface area contributed by atoms with Crippen LogP contribution in [0.3, 0.4) is 0 Å². The fourth-order valence-corrected chi connectivity index (χ4v) is 3.55. The summed E-state index contributed by atoms with van der Waals surface area (Å²) in [5, 5.41) is 16.0. The molecule has 2 rings (SSSR count). The first-order chi connectivity index (χ1) is 8.58. The van der Waals surface area contributed by atoms with E-state index in [-0.39, 0.29) is 0 Å². The van der Waals surface area contributed by atoms with Crippen LogP contribution in [0.25, 0.3) is 0 Å². The summed E-state index contributed by atoms with van der Waals surface area (Å²) < 4.78 is 0.821. The maximum absolute atomic E-state index is 9.96. The number of aliphatic hydroxyl groups excluding tert-OH is 1. The van der Waals surface area contributed by atoms with E-state index < -0.39 is 6.10 Å². The minimum atomic E-state index is -0.569. The molecule has 1 aromatic carbocycles. The molecule has 1 aromatic heterocycles. The second kappa shape index (κ2) is 6.26. The summed E-state index contributed by atoms with van der Waals surface area (Å²) in [5.41, 5.74) is 0.636. The second-order valence-electron chi connectivity index (χ2n) is 3.66. The van der Waals surface area contributed by atoms with Crippen molar-refractivity contribution in [1.29, 1.82) is 0 Å². The molecule has 0 aliphatic carbocycles. The molecule has 1 unspecified atom stereocenters. The fourth-order valence-electron chi connectivity index (χ4n) is 1.49. The molecule has 0 radical (unpaired) electrons. The molecule has 0 saturated carbocycles. The number of aliphatic hydroxyl groups is 1. The smallest absolute Gasteiger partial charge is 0.105 e. The lowest BCUT2D eigenvalue weighted by Gasteiger charge is -2.14. The molecule has 18 heavy (non-hydrogen) atoms. The maximum atomic E-state index is 9.96. The topological polar surface area (TPSA) is 32.3 Å². The molecule has 2 N–H and O–H groups in total. The molecule has 0 saturated heterocycles.